The third-order valence-corrected chi connectivity index (χ3v) is 3.80. The molecule has 0 spiro atoms. The molecule has 3 rings (SSSR count). The summed E-state index contributed by atoms with van der Waals surface area (Å²) < 4.78 is 11.1. The highest BCUT2D eigenvalue weighted by molar-refractivity contribution is 6.31. The van der Waals surface area contributed by atoms with Crippen molar-refractivity contribution in [3.8, 4) is 11.5 Å². The molecule has 1 N–H and O–H groups in total. The summed E-state index contributed by atoms with van der Waals surface area (Å²) in [5, 5.41) is 5.13. The van der Waals surface area contributed by atoms with Gasteiger partial charge < -0.3 is 14.9 Å². The van der Waals surface area contributed by atoms with Gasteiger partial charge in [-0.3, -0.25) is 0 Å². The molecule has 0 saturated carbocycles. The van der Waals surface area contributed by atoms with Gasteiger partial charge in [0.1, 0.15) is 13.2 Å². The molecule has 0 aliphatic carbocycles. The lowest BCUT2D eigenvalue weighted by Crippen LogP contribution is -2.16. The summed E-state index contributed by atoms with van der Waals surface area (Å²) in [6.45, 7) is 3.71. The fourth-order valence-electron chi connectivity index (χ4n) is 2.22. The molecule has 5 heteroatoms. The number of hydrazone groups is 1. The minimum Gasteiger partial charge on any atom is -0.486 e. The van der Waals surface area contributed by atoms with Gasteiger partial charge in [-0.15, -0.1) is 0 Å². The fraction of sp³-hybridized carbons (Fsp3) is 0.235. The molecule has 0 radical (unpaired) electrons. The lowest BCUT2D eigenvalue weighted by atomic mass is 10.1. The van der Waals surface area contributed by atoms with Crippen molar-refractivity contribution in [3.63, 3.8) is 0 Å². The molecular weight excluding hydrogens is 300 g/mol. The Kier molecular flexibility index (Phi) is 4.49. The standard InChI is InChI=1S/C17H17ClN2O2/c1-12(20-19-11-14-4-2-3-5-15(14)18)13-6-7-16-17(10-13)22-9-8-21-16/h2-7,10,19H,8-9,11H2,1H3/b20-12-. The van der Waals surface area contributed by atoms with Crippen LogP contribution in [0.3, 0.4) is 0 Å². The van der Waals surface area contributed by atoms with Crippen molar-refractivity contribution in [3.05, 3.63) is 58.6 Å². The van der Waals surface area contributed by atoms with Crippen molar-refractivity contribution >= 4 is 17.3 Å². The van der Waals surface area contributed by atoms with Crippen LogP contribution < -0.4 is 14.9 Å². The van der Waals surface area contributed by atoms with Crippen molar-refractivity contribution < 1.29 is 9.47 Å². The van der Waals surface area contributed by atoms with Crippen molar-refractivity contribution in [2.75, 3.05) is 13.2 Å². The summed E-state index contributed by atoms with van der Waals surface area (Å²) in [4.78, 5) is 0. The van der Waals surface area contributed by atoms with E-state index in [9.17, 15) is 0 Å². The Bertz CT molecular complexity index is 701. The number of hydrogen-bond acceptors (Lipinski definition) is 4. The van der Waals surface area contributed by atoms with Gasteiger partial charge in [-0.1, -0.05) is 29.8 Å². The third-order valence-electron chi connectivity index (χ3n) is 3.43. The Morgan fingerprint density at radius 1 is 1.14 bits per heavy atom. The van der Waals surface area contributed by atoms with Crippen LogP contribution in [0.1, 0.15) is 18.1 Å². The Hall–Kier alpha value is -2.20. The molecule has 0 unspecified atom stereocenters. The number of halogens is 1. The Morgan fingerprint density at radius 2 is 1.91 bits per heavy atom. The van der Waals surface area contributed by atoms with E-state index in [0.717, 1.165) is 33.4 Å². The normalized spacial score (nSPS) is 13.8. The lowest BCUT2D eigenvalue weighted by Gasteiger charge is -2.18. The zero-order chi connectivity index (χ0) is 15.4. The van der Waals surface area contributed by atoms with E-state index >= 15 is 0 Å². The molecule has 1 aliphatic heterocycles. The molecule has 22 heavy (non-hydrogen) atoms. The molecule has 1 heterocycles. The van der Waals surface area contributed by atoms with Crippen LogP contribution in [0.15, 0.2) is 47.6 Å². The maximum Gasteiger partial charge on any atom is 0.162 e. The SMILES string of the molecule is C/C(=N/NCc1ccccc1Cl)c1ccc2c(c1)OCCO2. The van der Waals surface area contributed by atoms with Gasteiger partial charge in [0.2, 0.25) is 0 Å². The van der Waals surface area contributed by atoms with E-state index in [1.165, 1.54) is 0 Å². The molecule has 4 nitrogen and oxygen atoms in total. The summed E-state index contributed by atoms with van der Waals surface area (Å²) in [6.07, 6.45) is 0. The zero-order valence-corrected chi connectivity index (χ0v) is 13.1. The number of rotatable bonds is 4. The van der Waals surface area contributed by atoms with E-state index in [0.29, 0.717) is 19.8 Å². The molecule has 0 atom stereocenters. The summed E-state index contributed by atoms with van der Waals surface area (Å²) in [5.41, 5.74) is 5.94. The summed E-state index contributed by atoms with van der Waals surface area (Å²) >= 11 is 6.12. The van der Waals surface area contributed by atoms with Gasteiger partial charge >= 0.3 is 0 Å². The second kappa shape index (κ2) is 6.71. The van der Waals surface area contributed by atoms with E-state index in [-0.39, 0.29) is 0 Å². The molecule has 0 fully saturated rings. The number of hydrogen-bond donors (Lipinski definition) is 1. The number of nitrogens with one attached hydrogen (secondary N) is 1. The number of ether oxygens (including phenoxy) is 2. The number of fused-ring (bicyclic) bond motifs is 1. The Balaban J connectivity index is 1.68. The van der Waals surface area contributed by atoms with Crippen LogP contribution >= 0.6 is 11.6 Å². The maximum absolute atomic E-state index is 6.12. The van der Waals surface area contributed by atoms with Crippen LogP contribution in [0, 0.1) is 0 Å². The minimum atomic E-state index is 0.581. The highest BCUT2D eigenvalue weighted by Gasteiger charge is 2.12. The van der Waals surface area contributed by atoms with Crippen LogP contribution in [-0.4, -0.2) is 18.9 Å². The van der Waals surface area contributed by atoms with Crippen molar-refractivity contribution in [1.82, 2.24) is 5.43 Å². The molecular formula is C17H17ClN2O2. The highest BCUT2D eigenvalue weighted by Crippen LogP contribution is 2.30. The monoisotopic (exact) mass is 316 g/mol. The quantitative estimate of drug-likeness (QED) is 0.692. The molecule has 2 aromatic rings. The molecule has 0 amide bonds. The van der Waals surface area contributed by atoms with Gasteiger partial charge in [0.15, 0.2) is 11.5 Å². The number of benzene rings is 2. The summed E-state index contributed by atoms with van der Waals surface area (Å²) in [5.74, 6) is 1.55. The first-order chi connectivity index (χ1) is 10.7. The van der Waals surface area contributed by atoms with Gasteiger partial charge in [-0.05, 0) is 36.8 Å². The van der Waals surface area contributed by atoms with Crippen LogP contribution in [0.4, 0.5) is 0 Å². The average Bonchev–Trinajstić information content (AvgIpc) is 2.56. The molecule has 0 saturated heterocycles. The predicted octanol–water partition coefficient (Wildman–Crippen LogP) is 3.63. The minimum absolute atomic E-state index is 0.581. The van der Waals surface area contributed by atoms with Gasteiger partial charge in [-0.25, -0.2) is 0 Å². The first-order valence-corrected chi connectivity index (χ1v) is 7.52. The Morgan fingerprint density at radius 3 is 2.73 bits per heavy atom. The van der Waals surface area contributed by atoms with Crippen molar-refractivity contribution in [2.24, 2.45) is 5.10 Å². The summed E-state index contributed by atoms with van der Waals surface area (Å²) in [6, 6.07) is 13.6. The topological polar surface area (TPSA) is 42.9 Å². The van der Waals surface area contributed by atoms with Gasteiger partial charge in [-0.2, -0.15) is 5.10 Å². The smallest absolute Gasteiger partial charge is 0.162 e. The second-order valence-corrected chi connectivity index (χ2v) is 5.39. The van der Waals surface area contributed by atoms with Crippen LogP contribution in [0.5, 0.6) is 11.5 Å². The summed E-state index contributed by atoms with van der Waals surface area (Å²) in [7, 11) is 0. The average molecular weight is 317 g/mol. The van der Waals surface area contributed by atoms with E-state index in [2.05, 4.69) is 10.5 Å². The van der Waals surface area contributed by atoms with Crippen LogP contribution in [0.2, 0.25) is 5.02 Å². The molecule has 114 valence electrons. The maximum atomic E-state index is 6.12. The molecule has 2 aromatic carbocycles. The highest BCUT2D eigenvalue weighted by atomic mass is 35.5. The molecule has 0 bridgehead atoms. The van der Waals surface area contributed by atoms with Crippen molar-refractivity contribution in [2.45, 2.75) is 13.5 Å². The van der Waals surface area contributed by atoms with E-state index < -0.39 is 0 Å². The molecule has 1 aliphatic rings. The third kappa shape index (κ3) is 3.34. The van der Waals surface area contributed by atoms with E-state index in [4.69, 9.17) is 21.1 Å². The largest absolute Gasteiger partial charge is 0.486 e. The Labute approximate surface area is 134 Å². The fourth-order valence-corrected chi connectivity index (χ4v) is 2.42. The number of nitrogens with zero attached hydrogens (tertiary/aromatic N) is 1. The second-order valence-electron chi connectivity index (χ2n) is 4.98. The first kappa shape index (κ1) is 14.7. The van der Waals surface area contributed by atoms with E-state index in [1.54, 1.807) is 0 Å². The van der Waals surface area contributed by atoms with Crippen LogP contribution in [0.25, 0.3) is 0 Å². The van der Waals surface area contributed by atoms with Gasteiger partial charge in [0.25, 0.3) is 0 Å². The van der Waals surface area contributed by atoms with Crippen molar-refractivity contribution in [1.29, 1.82) is 0 Å². The first-order valence-electron chi connectivity index (χ1n) is 7.14. The van der Waals surface area contributed by atoms with Crippen LogP contribution in [-0.2, 0) is 6.54 Å². The lowest BCUT2D eigenvalue weighted by molar-refractivity contribution is 0.171. The molecule has 0 aromatic heterocycles. The van der Waals surface area contributed by atoms with Gasteiger partial charge in [0, 0.05) is 10.6 Å². The van der Waals surface area contributed by atoms with E-state index in [1.807, 2.05) is 49.4 Å². The predicted molar refractivity (Wildman–Crippen MR) is 87.9 cm³/mol. The zero-order valence-electron chi connectivity index (χ0n) is 12.3. The van der Waals surface area contributed by atoms with Gasteiger partial charge in [0.05, 0.1) is 12.3 Å².